The summed E-state index contributed by atoms with van der Waals surface area (Å²) < 4.78 is 0. The van der Waals surface area contributed by atoms with Crippen molar-refractivity contribution in [1.29, 1.82) is 0 Å². The molecule has 0 atom stereocenters. The molecule has 1 aliphatic heterocycles. The number of halogens is 1. The molecule has 3 aromatic rings. The Morgan fingerprint density at radius 3 is 0.957 bits per heavy atom. The SMILES string of the molecule is [Cl][Cu].c1cc2nc(c1)Sc1cccc(n1)Sc1cccc(n1)S2. The molecule has 120 valence electrons. The molecule has 0 aliphatic carbocycles. The molecule has 0 amide bonds. The first-order chi connectivity index (χ1) is 11.3. The summed E-state index contributed by atoms with van der Waals surface area (Å²) in [6.45, 7) is 0. The van der Waals surface area contributed by atoms with Gasteiger partial charge in [-0.3, -0.25) is 0 Å². The Labute approximate surface area is 159 Å². The molecule has 0 saturated heterocycles. The fourth-order valence-electron chi connectivity index (χ4n) is 1.85. The second-order valence-corrected chi connectivity index (χ2v) is 7.37. The molecule has 0 unspecified atom stereocenters. The monoisotopic (exact) mass is 425 g/mol. The smallest absolute Gasteiger partial charge is 0.104 e. The Kier molecular flexibility index (Phi) is 6.28. The number of pyridine rings is 3. The van der Waals surface area contributed by atoms with Gasteiger partial charge >= 0.3 is 25.2 Å². The van der Waals surface area contributed by atoms with E-state index in [0.29, 0.717) is 0 Å². The molecule has 3 aromatic heterocycles. The van der Waals surface area contributed by atoms with Gasteiger partial charge in [0, 0.05) is 0 Å². The maximum atomic E-state index is 4.65. The number of aromatic nitrogens is 3. The first kappa shape index (κ1) is 17.1. The van der Waals surface area contributed by atoms with Gasteiger partial charge in [-0.15, -0.1) is 0 Å². The molecule has 8 heteroatoms. The average Bonchev–Trinajstić information content (AvgIpc) is 2.57. The Morgan fingerprint density at radius 1 is 0.522 bits per heavy atom. The van der Waals surface area contributed by atoms with Crippen molar-refractivity contribution in [2.24, 2.45) is 0 Å². The zero-order chi connectivity index (χ0) is 16.1. The number of fused-ring (bicyclic) bond motifs is 6. The zero-order valence-electron chi connectivity index (χ0n) is 11.4. The van der Waals surface area contributed by atoms with Gasteiger partial charge in [-0.2, -0.15) is 0 Å². The van der Waals surface area contributed by atoms with Crippen molar-refractivity contribution in [3.05, 3.63) is 54.6 Å². The van der Waals surface area contributed by atoms with E-state index in [9.17, 15) is 0 Å². The molecule has 1 aliphatic rings. The topological polar surface area (TPSA) is 38.7 Å². The Bertz CT molecular complexity index is 659. The fraction of sp³-hybridized carbons (Fsp3) is 0. The fourth-order valence-corrected chi connectivity index (χ4v) is 4.41. The van der Waals surface area contributed by atoms with E-state index in [2.05, 4.69) is 40.2 Å². The van der Waals surface area contributed by atoms with Crippen LogP contribution in [-0.2, 0) is 15.1 Å². The van der Waals surface area contributed by atoms with Crippen LogP contribution in [0.4, 0.5) is 0 Å². The van der Waals surface area contributed by atoms with Crippen molar-refractivity contribution in [1.82, 2.24) is 15.0 Å². The van der Waals surface area contributed by atoms with Crippen molar-refractivity contribution in [2.75, 3.05) is 0 Å². The predicted molar refractivity (Wildman–Crippen MR) is 90.9 cm³/mol. The third-order valence-corrected chi connectivity index (χ3v) is 5.34. The maximum absolute atomic E-state index is 4.65. The van der Waals surface area contributed by atoms with Gasteiger partial charge in [-0.05, 0) is 36.4 Å². The molecule has 0 saturated carbocycles. The van der Waals surface area contributed by atoms with Crippen LogP contribution in [0.2, 0.25) is 0 Å². The number of nitrogens with zero attached hydrogens (tertiary/aromatic N) is 3. The summed E-state index contributed by atoms with van der Waals surface area (Å²) >= 11 is 8.41. The van der Waals surface area contributed by atoms with E-state index >= 15 is 0 Å². The molecular weight excluding hydrogens is 417 g/mol. The van der Waals surface area contributed by atoms with Crippen LogP contribution >= 0.6 is 45.4 Å². The van der Waals surface area contributed by atoms with Crippen LogP contribution in [0.25, 0.3) is 0 Å². The van der Waals surface area contributed by atoms with Crippen LogP contribution in [-0.4, -0.2) is 15.0 Å². The van der Waals surface area contributed by atoms with Crippen molar-refractivity contribution in [3.8, 4) is 0 Å². The second kappa shape index (κ2) is 8.42. The zero-order valence-corrected chi connectivity index (χ0v) is 15.6. The molecule has 23 heavy (non-hydrogen) atoms. The van der Waals surface area contributed by atoms with E-state index in [4.69, 9.17) is 0 Å². The van der Waals surface area contributed by atoms with Crippen molar-refractivity contribution in [3.63, 3.8) is 0 Å². The largest absolute Gasteiger partial charge is 0.234 e. The number of rotatable bonds is 0. The molecule has 0 radical (unpaired) electrons. The van der Waals surface area contributed by atoms with Crippen LogP contribution in [0.5, 0.6) is 0 Å². The first-order valence-corrected chi connectivity index (χ1v) is 10.2. The van der Waals surface area contributed by atoms with Gasteiger partial charge in [0.1, 0.15) is 30.2 Å². The van der Waals surface area contributed by atoms with E-state index in [1.165, 1.54) is 0 Å². The van der Waals surface area contributed by atoms with Crippen LogP contribution in [0.3, 0.4) is 0 Å². The molecule has 6 bridgehead atoms. The van der Waals surface area contributed by atoms with Crippen LogP contribution in [0.1, 0.15) is 0 Å². The molecule has 3 nitrogen and oxygen atoms in total. The van der Waals surface area contributed by atoms with E-state index in [-0.39, 0.29) is 0 Å². The van der Waals surface area contributed by atoms with Gasteiger partial charge in [-0.25, -0.2) is 15.0 Å². The summed E-state index contributed by atoms with van der Waals surface area (Å²) in [4.78, 5) is 14.0. The van der Waals surface area contributed by atoms with Gasteiger partial charge < -0.3 is 0 Å². The number of hydrogen-bond donors (Lipinski definition) is 0. The van der Waals surface area contributed by atoms with E-state index in [1.807, 2.05) is 54.6 Å². The van der Waals surface area contributed by atoms with Crippen molar-refractivity contribution < 1.29 is 15.1 Å². The van der Waals surface area contributed by atoms with Crippen LogP contribution in [0.15, 0.2) is 84.8 Å². The third kappa shape index (κ3) is 4.66. The Morgan fingerprint density at radius 2 is 0.739 bits per heavy atom. The molecule has 0 aromatic carbocycles. The van der Waals surface area contributed by atoms with Gasteiger partial charge in [0.2, 0.25) is 0 Å². The van der Waals surface area contributed by atoms with Gasteiger partial charge in [-0.1, -0.05) is 53.5 Å². The van der Waals surface area contributed by atoms with Gasteiger partial charge in [0.25, 0.3) is 0 Å². The summed E-state index contributed by atoms with van der Waals surface area (Å²) in [5, 5.41) is 5.70. The molecule has 0 spiro atoms. The van der Waals surface area contributed by atoms with E-state index in [0.717, 1.165) is 30.2 Å². The minimum Gasteiger partial charge on any atom is -0.234 e. The molecule has 4 heterocycles. The molecule has 4 rings (SSSR count). The predicted octanol–water partition coefficient (Wildman–Crippen LogP) is 5.33. The molecule has 0 N–H and O–H groups in total. The standard InChI is InChI=1S/C15H9N3S3.ClH.Cu/c1-4-10-16-11(5-1)20-13-7-3-9-15(18-13)21-14-8-2-6-12(17-14)19-10;;/h1-9H;1H;/q;;+1/p-1. The van der Waals surface area contributed by atoms with E-state index < -0.39 is 0 Å². The summed E-state index contributed by atoms with van der Waals surface area (Å²) in [5.74, 6) is 0. The molecular formula is C15H9ClCuN3S3. The minimum absolute atomic E-state index is 0.950. The normalized spacial score (nSPS) is 12.3. The van der Waals surface area contributed by atoms with Gasteiger partial charge in [0.15, 0.2) is 0 Å². The summed E-state index contributed by atoms with van der Waals surface area (Å²) in [6.07, 6.45) is 0. The first-order valence-electron chi connectivity index (χ1n) is 6.41. The Balaban J connectivity index is 0.000000753. The van der Waals surface area contributed by atoms with Crippen molar-refractivity contribution >= 4 is 45.4 Å². The quantitative estimate of drug-likeness (QED) is 0.354. The van der Waals surface area contributed by atoms with Gasteiger partial charge in [0.05, 0.1) is 0 Å². The summed E-state index contributed by atoms with van der Waals surface area (Å²) in [6, 6.07) is 18.1. The van der Waals surface area contributed by atoms with Crippen LogP contribution in [0, 0.1) is 0 Å². The summed E-state index contributed by atoms with van der Waals surface area (Å²) in [7, 11) is 4.20. The average molecular weight is 426 g/mol. The summed E-state index contributed by atoms with van der Waals surface area (Å²) in [5.41, 5.74) is 0. The maximum Gasteiger partial charge on any atom is 0.104 e. The molecule has 0 fully saturated rings. The second-order valence-electron chi connectivity index (χ2n) is 4.25. The minimum atomic E-state index is 0.950. The number of hydrogen-bond acceptors (Lipinski definition) is 6. The van der Waals surface area contributed by atoms with Crippen molar-refractivity contribution in [2.45, 2.75) is 30.2 Å². The Hall–Kier alpha value is -0.691. The van der Waals surface area contributed by atoms with E-state index in [1.54, 1.807) is 35.3 Å². The van der Waals surface area contributed by atoms with Crippen LogP contribution < -0.4 is 0 Å². The third-order valence-electron chi connectivity index (χ3n) is 2.72.